The van der Waals surface area contributed by atoms with E-state index in [9.17, 15) is 0 Å². The third-order valence-electron chi connectivity index (χ3n) is 11.5. The van der Waals surface area contributed by atoms with E-state index < -0.39 is 0 Å². The van der Waals surface area contributed by atoms with E-state index in [4.69, 9.17) is 15.0 Å². The highest BCUT2D eigenvalue weighted by Crippen LogP contribution is 2.43. The van der Waals surface area contributed by atoms with E-state index in [0.29, 0.717) is 17.6 Å². The summed E-state index contributed by atoms with van der Waals surface area (Å²) >= 11 is 1.80. The molecule has 0 spiro atoms. The molecule has 5 heteroatoms. The maximum absolute atomic E-state index is 5.25. The first-order chi connectivity index (χ1) is 28.7. The van der Waals surface area contributed by atoms with Gasteiger partial charge in [-0.3, -0.25) is 4.57 Å². The van der Waals surface area contributed by atoms with E-state index in [-0.39, 0.29) is 0 Å². The van der Waals surface area contributed by atoms with Crippen molar-refractivity contribution in [2.75, 3.05) is 0 Å². The molecule has 0 amide bonds. The van der Waals surface area contributed by atoms with Crippen LogP contribution < -0.4 is 0 Å². The lowest BCUT2D eigenvalue weighted by Gasteiger charge is -2.14. The number of benzene rings is 9. The first-order valence-corrected chi connectivity index (χ1v) is 20.4. The topological polar surface area (TPSA) is 43.6 Å². The molecular weight excluding hydrogens is 725 g/mol. The summed E-state index contributed by atoms with van der Waals surface area (Å²) in [6.07, 6.45) is 0. The number of fused-ring (bicyclic) bond motifs is 10. The minimum atomic E-state index is 0.580. The zero-order valence-electron chi connectivity index (χ0n) is 31.2. The molecule has 9 aromatic carbocycles. The minimum Gasteiger partial charge on any atom is -0.278 e. The van der Waals surface area contributed by atoms with E-state index in [1.807, 2.05) is 36.4 Å². The number of hydrogen-bond donors (Lipinski definition) is 0. The van der Waals surface area contributed by atoms with Crippen molar-refractivity contribution in [3.63, 3.8) is 0 Å². The summed E-state index contributed by atoms with van der Waals surface area (Å²) in [5, 5.41) is 13.1. The third kappa shape index (κ3) is 5.18. The highest BCUT2D eigenvalue weighted by molar-refractivity contribution is 7.17. The Balaban J connectivity index is 1.19. The van der Waals surface area contributed by atoms with Crippen LogP contribution in [0.3, 0.4) is 0 Å². The Morgan fingerprint density at radius 1 is 0.345 bits per heavy atom. The quantitative estimate of drug-likeness (QED) is 0.164. The molecule has 0 aliphatic carbocycles. The summed E-state index contributed by atoms with van der Waals surface area (Å²) in [4.78, 5) is 15.5. The molecule has 58 heavy (non-hydrogen) atoms. The Morgan fingerprint density at radius 2 is 0.914 bits per heavy atom. The summed E-state index contributed by atoms with van der Waals surface area (Å²) < 4.78 is 3.56. The summed E-state index contributed by atoms with van der Waals surface area (Å²) in [5.41, 5.74) is 8.78. The van der Waals surface area contributed by atoms with Crippen LogP contribution in [0.2, 0.25) is 0 Å². The Bertz CT molecular complexity index is 3500. The van der Waals surface area contributed by atoms with E-state index in [1.165, 1.54) is 59.1 Å². The van der Waals surface area contributed by atoms with E-state index in [2.05, 4.69) is 162 Å². The van der Waals surface area contributed by atoms with Gasteiger partial charge in [-0.25, -0.2) is 4.98 Å². The van der Waals surface area contributed by atoms with Crippen LogP contribution in [0.5, 0.6) is 0 Å². The van der Waals surface area contributed by atoms with Gasteiger partial charge in [0.1, 0.15) is 0 Å². The predicted molar refractivity (Wildman–Crippen MR) is 244 cm³/mol. The van der Waals surface area contributed by atoms with Gasteiger partial charge in [-0.2, -0.15) is 9.97 Å². The van der Waals surface area contributed by atoms with E-state index in [0.717, 1.165) is 38.5 Å². The molecule has 0 aliphatic heterocycles. The number of thiophene rings is 1. The van der Waals surface area contributed by atoms with Crippen molar-refractivity contribution < 1.29 is 0 Å². The molecule has 270 valence electrons. The zero-order chi connectivity index (χ0) is 38.2. The van der Waals surface area contributed by atoms with Crippen LogP contribution in [0.25, 0.3) is 115 Å². The van der Waals surface area contributed by atoms with Gasteiger partial charge in [0.25, 0.3) is 0 Å². The molecule has 12 aromatic rings. The van der Waals surface area contributed by atoms with Crippen molar-refractivity contribution in [1.82, 2.24) is 19.5 Å². The van der Waals surface area contributed by atoms with Gasteiger partial charge in [0.05, 0.1) is 11.0 Å². The van der Waals surface area contributed by atoms with Gasteiger partial charge in [0.15, 0.2) is 11.6 Å². The fourth-order valence-corrected chi connectivity index (χ4v) is 9.71. The average molecular weight is 757 g/mol. The first kappa shape index (κ1) is 32.7. The van der Waals surface area contributed by atoms with Crippen LogP contribution in [0.15, 0.2) is 193 Å². The number of nitrogens with zero attached hydrogens (tertiary/aromatic N) is 4. The molecule has 0 unspecified atom stereocenters. The Labute approximate surface area is 338 Å². The van der Waals surface area contributed by atoms with Gasteiger partial charge in [-0.1, -0.05) is 152 Å². The molecule has 0 atom stereocenters. The largest absolute Gasteiger partial charge is 0.278 e. The average Bonchev–Trinajstić information content (AvgIpc) is 3.92. The summed E-state index contributed by atoms with van der Waals surface area (Å²) in [6, 6.07) is 67.2. The molecule has 0 aliphatic rings. The second-order valence-electron chi connectivity index (χ2n) is 14.8. The van der Waals surface area contributed by atoms with E-state index in [1.54, 1.807) is 11.3 Å². The normalized spacial score (nSPS) is 11.8. The number of hydrogen-bond acceptors (Lipinski definition) is 4. The lowest BCUT2D eigenvalue weighted by atomic mass is 9.91. The molecule has 0 N–H and O–H groups in total. The molecule has 0 saturated carbocycles. The summed E-state index contributed by atoms with van der Waals surface area (Å²) in [7, 11) is 0. The van der Waals surface area contributed by atoms with Crippen LogP contribution in [0, 0.1) is 0 Å². The molecule has 3 heterocycles. The second-order valence-corrected chi connectivity index (χ2v) is 15.7. The van der Waals surface area contributed by atoms with Crippen molar-refractivity contribution in [2.24, 2.45) is 0 Å². The van der Waals surface area contributed by atoms with Crippen LogP contribution >= 0.6 is 11.3 Å². The molecule has 3 aromatic heterocycles. The fourth-order valence-electron chi connectivity index (χ4n) is 8.78. The molecule has 0 saturated heterocycles. The van der Waals surface area contributed by atoms with Gasteiger partial charge < -0.3 is 0 Å². The molecular formula is C53H32N4S. The maximum atomic E-state index is 5.25. The van der Waals surface area contributed by atoms with Gasteiger partial charge in [0, 0.05) is 26.6 Å². The molecule has 0 fully saturated rings. The van der Waals surface area contributed by atoms with Gasteiger partial charge in [0.2, 0.25) is 5.95 Å². The van der Waals surface area contributed by atoms with Crippen molar-refractivity contribution >= 4 is 75.5 Å². The smallest absolute Gasteiger partial charge is 0.238 e. The van der Waals surface area contributed by atoms with E-state index >= 15 is 0 Å². The fraction of sp³-hybridized carbons (Fsp3) is 0. The van der Waals surface area contributed by atoms with Gasteiger partial charge in [-0.15, -0.1) is 11.3 Å². The monoisotopic (exact) mass is 756 g/mol. The zero-order valence-corrected chi connectivity index (χ0v) is 32.0. The van der Waals surface area contributed by atoms with Crippen LogP contribution in [0.1, 0.15) is 0 Å². The van der Waals surface area contributed by atoms with Gasteiger partial charge >= 0.3 is 0 Å². The van der Waals surface area contributed by atoms with Crippen molar-refractivity contribution in [2.45, 2.75) is 0 Å². The number of rotatable bonds is 5. The number of aromatic nitrogens is 4. The standard InChI is InChI=1S/C53H32N4S/c1-4-13-33(14-5-1)37-24-26-48-46(29-37)47-31-44-41-21-11-10-20-40(41)43-30-38(39-22-12-19-34-27-28-58-50(34)39)23-25-42(43)45(44)32-49(47)57(48)53-55-51(35-15-6-2-7-16-35)54-52(56-53)36-17-8-3-9-18-36/h1-32H. The van der Waals surface area contributed by atoms with Crippen LogP contribution in [0.4, 0.5) is 0 Å². The third-order valence-corrected chi connectivity index (χ3v) is 12.5. The molecule has 0 radical (unpaired) electrons. The van der Waals surface area contributed by atoms with Crippen molar-refractivity contribution in [3.05, 3.63) is 193 Å². The lowest BCUT2D eigenvalue weighted by Crippen LogP contribution is -2.06. The maximum Gasteiger partial charge on any atom is 0.238 e. The summed E-state index contributed by atoms with van der Waals surface area (Å²) in [5.74, 6) is 1.84. The van der Waals surface area contributed by atoms with Crippen molar-refractivity contribution in [1.29, 1.82) is 0 Å². The van der Waals surface area contributed by atoms with Gasteiger partial charge in [-0.05, 0) is 102 Å². The predicted octanol–water partition coefficient (Wildman–Crippen LogP) is 14.3. The van der Waals surface area contributed by atoms with Crippen LogP contribution in [-0.4, -0.2) is 19.5 Å². The second kappa shape index (κ2) is 13.1. The summed E-state index contributed by atoms with van der Waals surface area (Å²) in [6.45, 7) is 0. The molecule has 0 bridgehead atoms. The highest BCUT2D eigenvalue weighted by Gasteiger charge is 2.21. The SMILES string of the molecule is c1ccc(-c2ccc3c(c2)c2cc4c5ccccc5c5cc(-c6cccc7ccsc67)ccc5c4cc2n3-c2nc(-c3ccccc3)nc(-c3ccccc3)n2)cc1. The Hall–Kier alpha value is -7.47. The Kier molecular flexibility index (Phi) is 7.37. The molecule has 12 rings (SSSR count). The van der Waals surface area contributed by atoms with Crippen molar-refractivity contribution in [3.8, 4) is 51.0 Å². The Morgan fingerprint density at radius 3 is 1.62 bits per heavy atom. The first-order valence-electron chi connectivity index (χ1n) is 19.5. The minimum absolute atomic E-state index is 0.580. The highest BCUT2D eigenvalue weighted by atomic mass is 32.1. The van der Waals surface area contributed by atoms with Crippen LogP contribution in [-0.2, 0) is 0 Å². The molecule has 4 nitrogen and oxygen atoms in total. The lowest BCUT2D eigenvalue weighted by molar-refractivity contribution is 0.954.